The Morgan fingerprint density at radius 1 is 1.55 bits per heavy atom. The van der Waals surface area contributed by atoms with E-state index >= 15 is 0 Å². The molecule has 0 aromatic carbocycles. The van der Waals surface area contributed by atoms with Gasteiger partial charge in [-0.15, -0.1) is 0 Å². The van der Waals surface area contributed by atoms with Crippen molar-refractivity contribution in [1.82, 2.24) is 15.3 Å². The second-order valence-electron chi connectivity index (χ2n) is 5.11. The Bertz CT molecular complexity index is 458. The van der Waals surface area contributed by atoms with Crippen molar-refractivity contribution in [1.29, 1.82) is 0 Å². The van der Waals surface area contributed by atoms with E-state index in [2.05, 4.69) is 15.3 Å². The van der Waals surface area contributed by atoms with Crippen molar-refractivity contribution in [3.8, 4) is 0 Å². The fourth-order valence-corrected chi connectivity index (χ4v) is 2.37. The van der Waals surface area contributed by atoms with Crippen LogP contribution in [0.15, 0.2) is 6.20 Å². The normalized spacial score (nSPS) is 18.1. The fraction of sp³-hybridized carbons (Fsp3) is 0.643. The van der Waals surface area contributed by atoms with Crippen molar-refractivity contribution in [3.63, 3.8) is 0 Å². The SMILES string of the molecule is Cc1nc(N)ncc1C(=O)NCCCCC1CCCO1. The number of aryl methyl sites for hydroxylation is 1. The largest absolute Gasteiger partial charge is 0.378 e. The third kappa shape index (κ3) is 4.16. The minimum Gasteiger partial charge on any atom is -0.378 e. The number of nitrogens with one attached hydrogen (secondary N) is 1. The van der Waals surface area contributed by atoms with Gasteiger partial charge >= 0.3 is 0 Å². The zero-order valence-electron chi connectivity index (χ0n) is 11.9. The topological polar surface area (TPSA) is 90.1 Å². The summed E-state index contributed by atoms with van der Waals surface area (Å²) in [5, 5.41) is 2.88. The minimum absolute atomic E-state index is 0.139. The molecule has 1 amide bonds. The molecule has 0 spiro atoms. The molecule has 1 fully saturated rings. The summed E-state index contributed by atoms with van der Waals surface area (Å²) in [5.41, 5.74) is 6.55. The molecule has 0 aliphatic carbocycles. The maximum absolute atomic E-state index is 11.9. The lowest BCUT2D eigenvalue weighted by atomic mass is 10.1. The Balaban J connectivity index is 1.66. The molecule has 1 aromatic heterocycles. The number of unbranched alkanes of at least 4 members (excludes halogenated alkanes) is 1. The molecule has 0 radical (unpaired) electrons. The van der Waals surface area contributed by atoms with Gasteiger partial charge in [0.15, 0.2) is 0 Å². The Labute approximate surface area is 119 Å². The molecule has 1 aromatic rings. The zero-order chi connectivity index (χ0) is 14.4. The third-order valence-electron chi connectivity index (χ3n) is 3.51. The molecule has 2 rings (SSSR count). The molecule has 1 unspecified atom stereocenters. The number of rotatable bonds is 6. The van der Waals surface area contributed by atoms with Crippen molar-refractivity contribution in [3.05, 3.63) is 17.5 Å². The molecule has 0 bridgehead atoms. The first-order chi connectivity index (χ1) is 9.66. The van der Waals surface area contributed by atoms with Crippen molar-refractivity contribution in [2.45, 2.75) is 45.1 Å². The molecule has 0 saturated carbocycles. The highest BCUT2D eigenvalue weighted by atomic mass is 16.5. The quantitative estimate of drug-likeness (QED) is 0.769. The van der Waals surface area contributed by atoms with E-state index in [0.29, 0.717) is 23.9 Å². The number of hydrogen-bond donors (Lipinski definition) is 2. The first kappa shape index (κ1) is 14.7. The predicted octanol–water partition coefficient (Wildman–Crippen LogP) is 1.45. The zero-order valence-corrected chi connectivity index (χ0v) is 11.9. The van der Waals surface area contributed by atoms with Crippen LogP contribution in [-0.2, 0) is 4.74 Å². The number of nitrogen functional groups attached to an aromatic ring is 1. The molecular weight excluding hydrogens is 256 g/mol. The summed E-state index contributed by atoms with van der Waals surface area (Å²) in [5.74, 6) is 0.0511. The van der Waals surface area contributed by atoms with Crippen molar-refractivity contribution in [2.24, 2.45) is 0 Å². The maximum atomic E-state index is 11.9. The van der Waals surface area contributed by atoms with Crippen LogP contribution in [0.4, 0.5) is 5.95 Å². The van der Waals surface area contributed by atoms with Crippen LogP contribution in [0.3, 0.4) is 0 Å². The van der Waals surface area contributed by atoms with E-state index < -0.39 is 0 Å². The van der Waals surface area contributed by atoms with Crippen molar-refractivity contribution in [2.75, 3.05) is 18.9 Å². The smallest absolute Gasteiger partial charge is 0.254 e. The van der Waals surface area contributed by atoms with Gasteiger partial charge in [-0.1, -0.05) is 0 Å². The van der Waals surface area contributed by atoms with Crippen molar-refractivity contribution < 1.29 is 9.53 Å². The number of hydrogen-bond acceptors (Lipinski definition) is 5. The van der Waals surface area contributed by atoms with E-state index in [-0.39, 0.29) is 11.9 Å². The minimum atomic E-state index is -0.139. The van der Waals surface area contributed by atoms with Gasteiger partial charge in [-0.25, -0.2) is 9.97 Å². The Hall–Kier alpha value is -1.69. The van der Waals surface area contributed by atoms with E-state index in [1.165, 1.54) is 19.0 Å². The van der Waals surface area contributed by atoms with Gasteiger partial charge in [0, 0.05) is 19.3 Å². The second-order valence-corrected chi connectivity index (χ2v) is 5.11. The summed E-state index contributed by atoms with van der Waals surface area (Å²) in [6.45, 7) is 3.32. The maximum Gasteiger partial charge on any atom is 0.254 e. The molecule has 2 heterocycles. The number of aromatic nitrogens is 2. The van der Waals surface area contributed by atoms with E-state index in [9.17, 15) is 4.79 Å². The van der Waals surface area contributed by atoms with Crippen LogP contribution in [0.25, 0.3) is 0 Å². The number of nitrogens with zero attached hydrogens (tertiary/aromatic N) is 2. The number of carbonyl (C=O) groups is 1. The van der Waals surface area contributed by atoms with E-state index in [1.54, 1.807) is 6.92 Å². The standard InChI is InChI=1S/C14H22N4O2/c1-10-12(9-17-14(15)18-10)13(19)16-7-3-2-5-11-6-4-8-20-11/h9,11H,2-8H2,1H3,(H,16,19)(H2,15,17,18). The average molecular weight is 278 g/mol. The van der Waals surface area contributed by atoms with E-state index in [0.717, 1.165) is 25.9 Å². The number of nitrogens with two attached hydrogens (primary N) is 1. The van der Waals surface area contributed by atoms with Crippen LogP contribution in [0.1, 0.15) is 48.2 Å². The van der Waals surface area contributed by atoms with Gasteiger partial charge in [-0.3, -0.25) is 4.79 Å². The highest BCUT2D eigenvalue weighted by molar-refractivity contribution is 5.94. The van der Waals surface area contributed by atoms with Crippen LogP contribution in [0.2, 0.25) is 0 Å². The molecule has 110 valence electrons. The highest BCUT2D eigenvalue weighted by Gasteiger charge is 2.14. The molecule has 3 N–H and O–H groups in total. The first-order valence-electron chi connectivity index (χ1n) is 7.15. The third-order valence-corrected chi connectivity index (χ3v) is 3.51. The predicted molar refractivity (Wildman–Crippen MR) is 76.3 cm³/mol. The van der Waals surface area contributed by atoms with Gasteiger partial charge in [-0.2, -0.15) is 0 Å². The molecule has 1 aliphatic rings. The number of amides is 1. The monoisotopic (exact) mass is 278 g/mol. The van der Waals surface area contributed by atoms with Gasteiger partial charge in [0.1, 0.15) is 0 Å². The van der Waals surface area contributed by atoms with Crippen molar-refractivity contribution >= 4 is 11.9 Å². The summed E-state index contributed by atoms with van der Waals surface area (Å²) in [4.78, 5) is 19.8. The first-order valence-corrected chi connectivity index (χ1v) is 7.15. The molecule has 6 nitrogen and oxygen atoms in total. The summed E-state index contributed by atoms with van der Waals surface area (Å²) in [6.07, 6.45) is 7.37. The second kappa shape index (κ2) is 7.19. The summed E-state index contributed by atoms with van der Waals surface area (Å²) in [7, 11) is 0. The van der Waals surface area contributed by atoms with E-state index in [1.807, 2.05) is 0 Å². The van der Waals surface area contributed by atoms with Gasteiger partial charge in [0.05, 0.1) is 17.4 Å². The Kier molecular flexibility index (Phi) is 5.29. The number of ether oxygens (including phenoxy) is 1. The van der Waals surface area contributed by atoms with Gasteiger partial charge in [-0.05, 0) is 39.0 Å². The average Bonchev–Trinajstić information content (AvgIpc) is 2.91. The molecule has 1 aliphatic heterocycles. The molecule has 20 heavy (non-hydrogen) atoms. The summed E-state index contributed by atoms with van der Waals surface area (Å²) >= 11 is 0. The lowest BCUT2D eigenvalue weighted by Gasteiger charge is -2.09. The molecule has 6 heteroatoms. The Morgan fingerprint density at radius 2 is 2.40 bits per heavy atom. The highest BCUT2D eigenvalue weighted by Crippen LogP contribution is 2.17. The summed E-state index contributed by atoms with van der Waals surface area (Å²) in [6, 6.07) is 0. The van der Waals surface area contributed by atoms with Gasteiger partial charge in [0.25, 0.3) is 5.91 Å². The number of anilines is 1. The van der Waals surface area contributed by atoms with Crippen LogP contribution < -0.4 is 11.1 Å². The lowest BCUT2D eigenvalue weighted by Crippen LogP contribution is -2.26. The summed E-state index contributed by atoms with van der Waals surface area (Å²) < 4.78 is 5.56. The van der Waals surface area contributed by atoms with Crippen LogP contribution in [0.5, 0.6) is 0 Å². The molecule has 1 atom stereocenters. The van der Waals surface area contributed by atoms with Crippen LogP contribution >= 0.6 is 0 Å². The molecular formula is C14H22N4O2. The number of carbonyl (C=O) groups excluding carboxylic acids is 1. The lowest BCUT2D eigenvalue weighted by molar-refractivity contribution is 0.0946. The van der Waals surface area contributed by atoms with Crippen LogP contribution in [-0.4, -0.2) is 35.1 Å². The van der Waals surface area contributed by atoms with E-state index in [4.69, 9.17) is 10.5 Å². The van der Waals surface area contributed by atoms with Gasteiger partial charge in [0.2, 0.25) is 5.95 Å². The fourth-order valence-electron chi connectivity index (χ4n) is 2.37. The molecule has 1 saturated heterocycles. The Morgan fingerprint density at radius 3 is 3.10 bits per heavy atom. The van der Waals surface area contributed by atoms with Gasteiger partial charge < -0.3 is 15.8 Å². The van der Waals surface area contributed by atoms with Crippen LogP contribution in [0, 0.1) is 6.92 Å².